The summed E-state index contributed by atoms with van der Waals surface area (Å²) in [7, 11) is 0. The van der Waals surface area contributed by atoms with Gasteiger partial charge in [0.1, 0.15) is 5.84 Å². The van der Waals surface area contributed by atoms with Crippen molar-refractivity contribution in [2.75, 3.05) is 18.1 Å². The van der Waals surface area contributed by atoms with Gasteiger partial charge in [0.05, 0.1) is 11.9 Å². The zero-order chi connectivity index (χ0) is 25.2. The lowest BCUT2D eigenvalue weighted by atomic mass is 9.91. The van der Waals surface area contributed by atoms with Gasteiger partial charge in [0.2, 0.25) is 6.19 Å². The highest BCUT2D eigenvalue weighted by atomic mass is 32.2. The first-order chi connectivity index (χ1) is 16.3. The number of nitrogens with one attached hydrogen (secondary N) is 1. The second-order valence-electron chi connectivity index (χ2n) is 10.7. The summed E-state index contributed by atoms with van der Waals surface area (Å²) in [5.74, 6) is 5.64. The Morgan fingerprint density at radius 1 is 1.12 bits per heavy atom. The summed E-state index contributed by atoms with van der Waals surface area (Å²) in [5.41, 5.74) is 7.48. The number of nitriles is 1. The molecule has 3 atom stereocenters. The van der Waals surface area contributed by atoms with Gasteiger partial charge in [0, 0.05) is 24.5 Å². The molecule has 3 N–H and O–H groups in total. The summed E-state index contributed by atoms with van der Waals surface area (Å²) < 4.78 is 0. The molecule has 0 bridgehead atoms. The molecule has 0 fully saturated rings. The number of thioether (sulfide) groups is 1. The number of nitrogens with zero attached hydrogens (tertiary/aromatic N) is 3. The van der Waals surface area contributed by atoms with Crippen molar-refractivity contribution in [1.82, 2.24) is 5.32 Å². The van der Waals surface area contributed by atoms with Crippen molar-refractivity contribution in [3.05, 3.63) is 11.6 Å². The average Bonchev–Trinajstić information content (AvgIpc) is 3.29. The Morgan fingerprint density at radius 3 is 2.35 bits per heavy atom. The normalized spacial score (nSPS) is 17.4. The van der Waals surface area contributed by atoms with Crippen LogP contribution >= 0.6 is 11.8 Å². The van der Waals surface area contributed by atoms with Crippen LogP contribution in [0.1, 0.15) is 105 Å². The number of aliphatic imine (C=N–C) groups is 2. The van der Waals surface area contributed by atoms with Crippen LogP contribution in [-0.2, 0) is 0 Å². The first kappa shape index (κ1) is 30.6. The molecular weight excluding hydrogens is 438 g/mol. The lowest BCUT2D eigenvalue weighted by molar-refractivity contribution is 0.389. The highest BCUT2D eigenvalue weighted by Gasteiger charge is 2.17. The molecule has 0 radical (unpaired) electrons. The molecule has 0 aromatic rings. The third-order valence-corrected chi connectivity index (χ3v) is 7.70. The van der Waals surface area contributed by atoms with E-state index in [2.05, 4.69) is 56.0 Å². The Balaban J connectivity index is 2.19. The van der Waals surface area contributed by atoms with Crippen LogP contribution in [0.4, 0.5) is 0 Å². The molecule has 3 unspecified atom stereocenters. The van der Waals surface area contributed by atoms with E-state index in [9.17, 15) is 0 Å². The van der Waals surface area contributed by atoms with E-state index in [1.54, 1.807) is 6.19 Å². The molecule has 34 heavy (non-hydrogen) atoms. The van der Waals surface area contributed by atoms with Gasteiger partial charge in [-0.3, -0.25) is 4.99 Å². The molecule has 1 aliphatic heterocycles. The molecule has 0 saturated heterocycles. The monoisotopic (exact) mass is 489 g/mol. The smallest absolute Gasteiger partial charge is 0.207 e. The second-order valence-corrected chi connectivity index (χ2v) is 11.8. The first-order valence-corrected chi connectivity index (χ1v) is 14.7. The van der Waals surface area contributed by atoms with Crippen molar-refractivity contribution >= 4 is 23.4 Å². The Morgan fingerprint density at radius 2 is 1.76 bits per heavy atom. The third-order valence-electron chi connectivity index (χ3n) is 6.73. The molecule has 0 spiro atoms. The second kappa shape index (κ2) is 18.8. The molecule has 1 heterocycles. The summed E-state index contributed by atoms with van der Waals surface area (Å²) in [6, 6.07) is -0.131. The third kappa shape index (κ3) is 15.4. The summed E-state index contributed by atoms with van der Waals surface area (Å²) in [4.78, 5) is 8.20. The number of hydrogen-bond donors (Lipinski definition) is 2. The summed E-state index contributed by atoms with van der Waals surface area (Å²) in [6.07, 6.45) is 18.3. The molecule has 5 nitrogen and oxygen atoms in total. The van der Waals surface area contributed by atoms with Gasteiger partial charge in [-0.25, -0.2) is 0 Å². The summed E-state index contributed by atoms with van der Waals surface area (Å²) in [6.45, 7) is 12.6. The molecule has 1 rings (SSSR count). The van der Waals surface area contributed by atoms with Gasteiger partial charge in [0.15, 0.2) is 0 Å². The van der Waals surface area contributed by atoms with Crippen molar-refractivity contribution < 1.29 is 0 Å². The lowest BCUT2D eigenvalue weighted by Gasteiger charge is -2.18. The van der Waals surface area contributed by atoms with Crippen molar-refractivity contribution in [1.29, 1.82) is 5.26 Å². The van der Waals surface area contributed by atoms with Gasteiger partial charge < -0.3 is 11.1 Å². The van der Waals surface area contributed by atoms with E-state index in [4.69, 9.17) is 11.0 Å². The molecule has 1 aliphatic rings. The van der Waals surface area contributed by atoms with Gasteiger partial charge in [-0.15, -0.1) is 0 Å². The largest absolute Gasteiger partial charge is 0.385 e. The standard InChI is InChI=1S/C28H51N5S/c1-22(2)10-6-11-23(3)12-7-13-24(4)14-8-15-25(5)17-19-34-20-26(28(30)32-21-29)33-27-16-9-18-31-27/h17,22-24,26H,6-16,18-20H2,1-5H3,(H2,30,32)(H,31,33). The van der Waals surface area contributed by atoms with Crippen LogP contribution in [0.15, 0.2) is 21.6 Å². The highest BCUT2D eigenvalue weighted by molar-refractivity contribution is 7.99. The number of amidine groups is 2. The zero-order valence-corrected chi connectivity index (χ0v) is 23.4. The van der Waals surface area contributed by atoms with E-state index in [1.807, 2.05) is 11.8 Å². The number of allylic oxidation sites excluding steroid dienone is 1. The number of rotatable bonds is 18. The van der Waals surface area contributed by atoms with Crippen LogP contribution in [0.25, 0.3) is 0 Å². The maximum atomic E-state index is 8.84. The maximum Gasteiger partial charge on any atom is 0.207 e. The first-order valence-electron chi connectivity index (χ1n) is 13.6. The van der Waals surface area contributed by atoms with Crippen molar-refractivity contribution in [2.24, 2.45) is 33.5 Å². The highest BCUT2D eigenvalue weighted by Crippen LogP contribution is 2.22. The van der Waals surface area contributed by atoms with Crippen LogP contribution in [0.5, 0.6) is 0 Å². The Hall–Kier alpha value is -1.48. The minimum absolute atomic E-state index is 0.131. The van der Waals surface area contributed by atoms with Crippen LogP contribution in [0.2, 0.25) is 0 Å². The van der Waals surface area contributed by atoms with Gasteiger partial charge in [-0.05, 0) is 43.9 Å². The Kier molecular flexibility index (Phi) is 16.9. The van der Waals surface area contributed by atoms with E-state index >= 15 is 0 Å². The fraction of sp³-hybridized carbons (Fsp3) is 0.821. The predicted molar refractivity (Wildman–Crippen MR) is 151 cm³/mol. The van der Waals surface area contributed by atoms with E-state index in [-0.39, 0.29) is 6.04 Å². The van der Waals surface area contributed by atoms with E-state index in [1.165, 1.54) is 63.4 Å². The topological polar surface area (TPSA) is 86.6 Å². The van der Waals surface area contributed by atoms with Crippen molar-refractivity contribution in [3.63, 3.8) is 0 Å². The molecule has 0 aromatic heterocycles. The van der Waals surface area contributed by atoms with Gasteiger partial charge in [-0.1, -0.05) is 84.3 Å². The fourth-order valence-corrected chi connectivity index (χ4v) is 5.42. The minimum atomic E-state index is -0.131. The van der Waals surface area contributed by atoms with E-state index < -0.39 is 0 Å². The Bertz CT molecular complexity index is 677. The molecule has 0 aromatic carbocycles. The van der Waals surface area contributed by atoms with Crippen LogP contribution in [0.3, 0.4) is 0 Å². The Labute approximate surface area is 214 Å². The zero-order valence-electron chi connectivity index (χ0n) is 22.6. The van der Waals surface area contributed by atoms with Gasteiger partial charge >= 0.3 is 0 Å². The molecular formula is C28H51N5S. The van der Waals surface area contributed by atoms with Crippen molar-refractivity contribution in [3.8, 4) is 6.19 Å². The van der Waals surface area contributed by atoms with Gasteiger partial charge in [-0.2, -0.15) is 22.0 Å². The van der Waals surface area contributed by atoms with Crippen LogP contribution < -0.4 is 11.1 Å². The van der Waals surface area contributed by atoms with Crippen LogP contribution in [-0.4, -0.2) is 35.8 Å². The van der Waals surface area contributed by atoms with E-state index in [0.29, 0.717) is 5.84 Å². The fourth-order valence-electron chi connectivity index (χ4n) is 4.39. The van der Waals surface area contributed by atoms with Crippen molar-refractivity contribution in [2.45, 2.75) is 111 Å². The SMILES string of the molecule is CC(=CCSCC(NC1=NCCC1)/C(N)=N/C#N)CCCC(C)CCCC(C)CCCC(C)C. The van der Waals surface area contributed by atoms with Gasteiger partial charge in [0.25, 0.3) is 0 Å². The maximum absolute atomic E-state index is 8.84. The molecule has 6 heteroatoms. The quantitative estimate of drug-likeness (QED) is 0.0707. The van der Waals surface area contributed by atoms with E-state index in [0.717, 1.165) is 54.5 Å². The molecule has 0 aliphatic carbocycles. The summed E-state index contributed by atoms with van der Waals surface area (Å²) in [5, 5.41) is 12.2. The predicted octanol–water partition coefficient (Wildman–Crippen LogP) is 7.09. The molecule has 194 valence electrons. The number of hydrogen-bond acceptors (Lipinski definition) is 5. The lowest BCUT2D eigenvalue weighted by Crippen LogP contribution is -2.45. The minimum Gasteiger partial charge on any atom is -0.385 e. The number of nitrogens with two attached hydrogens (primary N) is 1. The average molecular weight is 490 g/mol. The molecule has 0 amide bonds. The van der Waals surface area contributed by atoms with Crippen LogP contribution in [0, 0.1) is 29.2 Å². The summed E-state index contributed by atoms with van der Waals surface area (Å²) >= 11 is 1.82. The molecule has 0 saturated carbocycles.